The summed E-state index contributed by atoms with van der Waals surface area (Å²) in [6, 6.07) is 5.63. The van der Waals surface area contributed by atoms with E-state index >= 15 is 0 Å². The van der Waals surface area contributed by atoms with Gasteiger partial charge in [0.1, 0.15) is 23.9 Å². The van der Waals surface area contributed by atoms with Crippen LogP contribution in [-0.2, 0) is 12.8 Å². The third kappa shape index (κ3) is 3.03. The molecule has 1 aliphatic carbocycles. The predicted octanol–water partition coefficient (Wildman–Crippen LogP) is 4.05. The number of thiophene rings is 1. The maximum absolute atomic E-state index is 12.8. The van der Waals surface area contributed by atoms with E-state index in [0.29, 0.717) is 25.0 Å². The van der Waals surface area contributed by atoms with Gasteiger partial charge in [0.05, 0.1) is 11.4 Å². The van der Waals surface area contributed by atoms with Crippen LogP contribution in [0.5, 0.6) is 11.5 Å². The number of aromatic amines is 1. The Balaban J connectivity index is 1.45. The molecule has 146 valence electrons. The van der Waals surface area contributed by atoms with Crippen molar-refractivity contribution in [2.45, 2.75) is 39.2 Å². The molecule has 28 heavy (non-hydrogen) atoms. The molecule has 0 radical (unpaired) electrons. The number of H-pyrrole nitrogens is 1. The lowest BCUT2D eigenvalue weighted by Crippen LogP contribution is -2.19. The molecule has 1 aromatic carbocycles. The first-order valence-corrected chi connectivity index (χ1v) is 10.6. The van der Waals surface area contributed by atoms with E-state index in [0.717, 1.165) is 46.7 Å². The number of nitrogens with one attached hydrogen (secondary N) is 2. The van der Waals surface area contributed by atoms with E-state index in [1.165, 1.54) is 10.4 Å². The van der Waals surface area contributed by atoms with E-state index in [4.69, 9.17) is 14.5 Å². The first-order chi connectivity index (χ1) is 13.6. The van der Waals surface area contributed by atoms with E-state index in [2.05, 4.69) is 17.2 Å². The summed E-state index contributed by atoms with van der Waals surface area (Å²) in [5.41, 5.74) is 2.09. The van der Waals surface area contributed by atoms with Gasteiger partial charge in [-0.2, -0.15) is 0 Å². The average Bonchev–Trinajstić information content (AvgIpc) is 3.05. The van der Waals surface area contributed by atoms with Gasteiger partial charge in [-0.3, -0.25) is 4.79 Å². The maximum atomic E-state index is 12.8. The molecule has 7 heteroatoms. The Labute approximate surface area is 166 Å². The standard InChI is InChI=1S/C21H23N3O3S/c1-11-3-5-14-17(9-11)28-21-18(14)20(25)23-19(24-21)12(2)22-13-4-6-15-16(10-13)27-8-7-26-15/h4,6,10-12,22H,3,5,7-9H2,1-2H3,(H,23,24,25)/t11-,12-/m1/s1. The predicted molar refractivity (Wildman–Crippen MR) is 111 cm³/mol. The summed E-state index contributed by atoms with van der Waals surface area (Å²) in [7, 11) is 0. The molecule has 0 unspecified atom stereocenters. The van der Waals surface area contributed by atoms with Gasteiger partial charge in [-0.05, 0) is 49.8 Å². The van der Waals surface area contributed by atoms with Gasteiger partial charge in [-0.15, -0.1) is 11.3 Å². The number of aryl methyl sites for hydroxylation is 1. The summed E-state index contributed by atoms with van der Waals surface area (Å²) in [6.45, 7) is 5.40. The lowest BCUT2D eigenvalue weighted by Gasteiger charge is -2.20. The van der Waals surface area contributed by atoms with Gasteiger partial charge in [-0.1, -0.05) is 6.92 Å². The first kappa shape index (κ1) is 17.6. The Bertz CT molecular complexity index is 1100. The molecule has 6 nitrogen and oxygen atoms in total. The number of ether oxygens (including phenoxy) is 2. The summed E-state index contributed by atoms with van der Waals surface area (Å²) < 4.78 is 11.2. The van der Waals surface area contributed by atoms with Crippen molar-refractivity contribution in [1.82, 2.24) is 9.97 Å². The van der Waals surface area contributed by atoms with Crippen LogP contribution in [0.4, 0.5) is 5.69 Å². The summed E-state index contributed by atoms with van der Waals surface area (Å²) >= 11 is 1.68. The molecule has 3 heterocycles. The molecule has 1 aliphatic heterocycles. The lowest BCUT2D eigenvalue weighted by atomic mass is 9.89. The van der Waals surface area contributed by atoms with Crippen molar-refractivity contribution in [3.05, 3.63) is 44.8 Å². The van der Waals surface area contributed by atoms with Crippen molar-refractivity contribution in [1.29, 1.82) is 0 Å². The van der Waals surface area contributed by atoms with Gasteiger partial charge in [0, 0.05) is 16.6 Å². The van der Waals surface area contributed by atoms with Crippen molar-refractivity contribution in [3.63, 3.8) is 0 Å². The number of benzene rings is 1. The number of rotatable bonds is 3. The zero-order valence-electron chi connectivity index (χ0n) is 16.0. The third-order valence-corrected chi connectivity index (χ3v) is 6.67. The van der Waals surface area contributed by atoms with Crippen LogP contribution in [0.1, 0.15) is 42.6 Å². The van der Waals surface area contributed by atoms with Gasteiger partial charge in [0.25, 0.3) is 5.56 Å². The fraction of sp³-hybridized carbons (Fsp3) is 0.429. The topological polar surface area (TPSA) is 76.2 Å². The van der Waals surface area contributed by atoms with Crippen molar-refractivity contribution in [3.8, 4) is 11.5 Å². The highest BCUT2D eigenvalue weighted by Crippen LogP contribution is 2.36. The number of nitrogens with zero attached hydrogens (tertiary/aromatic N) is 1. The molecular weight excluding hydrogens is 374 g/mol. The van der Waals surface area contributed by atoms with Gasteiger partial charge in [0.2, 0.25) is 0 Å². The summed E-state index contributed by atoms with van der Waals surface area (Å²) in [6.07, 6.45) is 3.17. The molecule has 2 atom stereocenters. The van der Waals surface area contributed by atoms with E-state index < -0.39 is 0 Å². The monoisotopic (exact) mass is 397 g/mol. The molecule has 0 spiro atoms. The molecule has 0 saturated heterocycles. The van der Waals surface area contributed by atoms with E-state index in [-0.39, 0.29) is 11.6 Å². The van der Waals surface area contributed by atoms with Gasteiger partial charge < -0.3 is 19.8 Å². The summed E-state index contributed by atoms with van der Waals surface area (Å²) in [4.78, 5) is 22.8. The van der Waals surface area contributed by atoms with E-state index in [9.17, 15) is 4.79 Å². The highest BCUT2D eigenvalue weighted by atomic mass is 32.1. The fourth-order valence-electron chi connectivity index (χ4n) is 4.02. The molecule has 0 amide bonds. The van der Waals surface area contributed by atoms with Crippen LogP contribution in [0.3, 0.4) is 0 Å². The molecule has 2 aliphatic rings. The average molecular weight is 398 g/mol. The van der Waals surface area contributed by atoms with Crippen LogP contribution >= 0.6 is 11.3 Å². The second-order valence-electron chi connectivity index (χ2n) is 7.71. The van der Waals surface area contributed by atoms with E-state index in [1.807, 2.05) is 25.1 Å². The zero-order chi connectivity index (χ0) is 19.3. The molecule has 3 aromatic rings. The summed E-state index contributed by atoms with van der Waals surface area (Å²) in [5, 5.41) is 4.20. The minimum Gasteiger partial charge on any atom is -0.486 e. The Morgan fingerprint density at radius 3 is 2.96 bits per heavy atom. The SMILES string of the molecule is C[C@@H]1CCc2c(sc3nc([C@@H](C)Nc4ccc5c(c4)OCCO5)[nH]c(=O)c23)C1. The number of fused-ring (bicyclic) bond motifs is 4. The molecule has 0 bridgehead atoms. The van der Waals surface area contributed by atoms with Crippen LogP contribution in [0.15, 0.2) is 23.0 Å². The van der Waals surface area contributed by atoms with E-state index in [1.54, 1.807) is 11.3 Å². The number of aromatic nitrogens is 2. The van der Waals surface area contributed by atoms with Crippen LogP contribution in [-0.4, -0.2) is 23.2 Å². The Morgan fingerprint density at radius 2 is 2.11 bits per heavy atom. The smallest absolute Gasteiger partial charge is 0.259 e. The second kappa shape index (κ2) is 6.81. The van der Waals surface area contributed by atoms with Gasteiger partial charge >= 0.3 is 0 Å². The van der Waals surface area contributed by atoms with Crippen LogP contribution in [0, 0.1) is 5.92 Å². The highest BCUT2D eigenvalue weighted by molar-refractivity contribution is 7.18. The minimum atomic E-state index is -0.141. The number of hydrogen-bond acceptors (Lipinski definition) is 6. The van der Waals surface area contributed by atoms with Crippen molar-refractivity contribution in [2.24, 2.45) is 5.92 Å². The Kier molecular flexibility index (Phi) is 4.27. The largest absolute Gasteiger partial charge is 0.486 e. The molecule has 0 saturated carbocycles. The van der Waals surface area contributed by atoms with Gasteiger partial charge in [-0.25, -0.2) is 4.98 Å². The minimum absolute atomic E-state index is 0.0251. The quantitative estimate of drug-likeness (QED) is 0.697. The van der Waals surface area contributed by atoms with Crippen LogP contribution in [0.25, 0.3) is 10.2 Å². The second-order valence-corrected chi connectivity index (χ2v) is 8.79. The third-order valence-electron chi connectivity index (χ3n) is 5.52. The van der Waals surface area contributed by atoms with Crippen molar-refractivity contribution >= 4 is 27.2 Å². The molecule has 5 rings (SSSR count). The highest BCUT2D eigenvalue weighted by Gasteiger charge is 2.24. The molecular formula is C21H23N3O3S. The van der Waals surface area contributed by atoms with Crippen molar-refractivity contribution in [2.75, 3.05) is 18.5 Å². The Hall–Kier alpha value is -2.54. The van der Waals surface area contributed by atoms with Crippen LogP contribution in [0.2, 0.25) is 0 Å². The lowest BCUT2D eigenvalue weighted by molar-refractivity contribution is 0.171. The number of hydrogen-bond donors (Lipinski definition) is 2. The first-order valence-electron chi connectivity index (χ1n) is 9.79. The molecule has 0 fully saturated rings. The zero-order valence-corrected chi connectivity index (χ0v) is 16.8. The van der Waals surface area contributed by atoms with Crippen molar-refractivity contribution < 1.29 is 9.47 Å². The van der Waals surface area contributed by atoms with Gasteiger partial charge in [0.15, 0.2) is 11.5 Å². The molecule has 2 N–H and O–H groups in total. The normalized spacial score (nSPS) is 19.3. The number of anilines is 1. The maximum Gasteiger partial charge on any atom is 0.259 e. The van der Waals surface area contributed by atoms with Crippen LogP contribution < -0.4 is 20.3 Å². The Morgan fingerprint density at radius 1 is 1.29 bits per heavy atom. The molecule has 2 aromatic heterocycles. The fourth-order valence-corrected chi connectivity index (χ4v) is 5.41. The summed E-state index contributed by atoms with van der Waals surface area (Å²) in [5.74, 6) is 2.82.